The first-order valence-corrected chi connectivity index (χ1v) is 10.3. The SMILES string of the molecule is CC(C)=CCCCCC=C(C(=O)OCc1ccccc1)C(=O)OCc1ccccc1. The highest BCUT2D eigenvalue weighted by molar-refractivity contribution is 6.14. The Balaban J connectivity index is 1.96. The molecule has 0 aliphatic rings. The summed E-state index contributed by atoms with van der Waals surface area (Å²) < 4.78 is 10.7. The average Bonchev–Trinajstić information content (AvgIpc) is 2.76. The second kappa shape index (κ2) is 13.2. The van der Waals surface area contributed by atoms with Crippen molar-refractivity contribution in [3.05, 3.63) is 95.1 Å². The van der Waals surface area contributed by atoms with Crippen LogP contribution in [0.5, 0.6) is 0 Å². The minimum Gasteiger partial charge on any atom is -0.457 e. The topological polar surface area (TPSA) is 52.6 Å². The number of carbonyl (C=O) groups excluding carboxylic acids is 2. The van der Waals surface area contributed by atoms with Crippen molar-refractivity contribution in [3.8, 4) is 0 Å². The average molecular weight is 407 g/mol. The molecule has 0 radical (unpaired) electrons. The first-order valence-electron chi connectivity index (χ1n) is 10.3. The summed E-state index contributed by atoms with van der Waals surface area (Å²) in [6.07, 6.45) is 7.31. The van der Waals surface area contributed by atoms with Gasteiger partial charge in [-0.25, -0.2) is 9.59 Å². The minimum atomic E-state index is -0.652. The van der Waals surface area contributed by atoms with E-state index in [0.29, 0.717) is 6.42 Å². The molecule has 30 heavy (non-hydrogen) atoms. The third kappa shape index (κ3) is 8.91. The number of hydrogen-bond donors (Lipinski definition) is 0. The van der Waals surface area contributed by atoms with Gasteiger partial charge in [-0.05, 0) is 50.7 Å². The molecule has 158 valence electrons. The van der Waals surface area contributed by atoms with Crippen molar-refractivity contribution in [2.45, 2.75) is 52.7 Å². The predicted octanol–water partition coefficient (Wildman–Crippen LogP) is 5.93. The van der Waals surface area contributed by atoms with Crippen LogP contribution in [0, 0.1) is 0 Å². The summed E-state index contributed by atoms with van der Waals surface area (Å²) >= 11 is 0. The van der Waals surface area contributed by atoms with Gasteiger partial charge in [0.2, 0.25) is 0 Å². The van der Waals surface area contributed by atoms with Crippen LogP contribution in [-0.4, -0.2) is 11.9 Å². The number of hydrogen-bond acceptors (Lipinski definition) is 4. The lowest BCUT2D eigenvalue weighted by molar-refractivity contribution is -0.148. The fraction of sp³-hybridized carbons (Fsp3) is 0.308. The molecule has 0 bridgehead atoms. The van der Waals surface area contributed by atoms with Crippen molar-refractivity contribution in [2.24, 2.45) is 0 Å². The zero-order valence-corrected chi connectivity index (χ0v) is 17.8. The molecule has 0 unspecified atom stereocenters. The second-order valence-corrected chi connectivity index (χ2v) is 7.31. The van der Waals surface area contributed by atoms with Gasteiger partial charge in [-0.2, -0.15) is 0 Å². The molecule has 0 atom stereocenters. The predicted molar refractivity (Wildman–Crippen MR) is 118 cm³/mol. The molecule has 0 saturated heterocycles. The third-order valence-electron chi connectivity index (χ3n) is 4.42. The van der Waals surface area contributed by atoms with E-state index in [1.54, 1.807) is 6.08 Å². The molecule has 2 rings (SSSR count). The lowest BCUT2D eigenvalue weighted by Gasteiger charge is -2.09. The highest BCUT2D eigenvalue weighted by Crippen LogP contribution is 2.12. The van der Waals surface area contributed by atoms with Crippen LogP contribution in [0.4, 0.5) is 0 Å². The summed E-state index contributed by atoms with van der Waals surface area (Å²) in [7, 11) is 0. The van der Waals surface area contributed by atoms with Gasteiger partial charge in [0.1, 0.15) is 18.8 Å². The van der Waals surface area contributed by atoms with E-state index in [-0.39, 0.29) is 18.8 Å². The maximum atomic E-state index is 12.6. The van der Waals surface area contributed by atoms with E-state index >= 15 is 0 Å². The van der Waals surface area contributed by atoms with Crippen LogP contribution >= 0.6 is 0 Å². The van der Waals surface area contributed by atoms with Crippen LogP contribution in [0.2, 0.25) is 0 Å². The Bertz CT molecular complexity index is 790. The second-order valence-electron chi connectivity index (χ2n) is 7.31. The largest absolute Gasteiger partial charge is 0.457 e. The van der Waals surface area contributed by atoms with E-state index in [1.165, 1.54) is 5.57 Å². The molecule has 2 aromatic carbocycles. The number of ether oxygens (including phenoxy) is 2. The Morgan fingerprint density at radius 3 is 1.57 bits per heavy atom. The summed E-state index contributed by atoms with van der Waals surface area (Å²) in [5.41, 5.74) is 2.98. The van der Waals surface area contributed by atoms with Crippen LogP contribution in [0.15, 0.2) is 84.0 Å². The van der Waals surface area contributed by atoms with Crippen molar-refractivity contribution in [3.63, 3.8) is 0 Å². The smallest absolute Gasteiger partial charge is 0.345 e. The Morgan fingerprint density at radius 1 is 0.700 bits per heavy atom. The summed E-state index contributed by atoms with van der Waals surface area (Å²) in [6, 6.07) is 18.8. The van der Waals surface area contributed by atoms with Crippen LogP contribution in [-0.2, 0) is 32.3 Å². The molecule has 4 nitrogen and oxygen atoms in total. The van der Waals surface area contributed by atoms with E-state index in [1.807, 2.05) is 60.7 Å². The van der Waals surface area contributed by atoms with Gasteiger partial charge in [0.05, 0.1) is 0 Å². The number of benzene rings is 2. The molecule has 0 aromatic heterocycles. The standard InChI is InChI=1S/C26H30O4/c1-21(2)13-7-3-4-12-18-24(25(27)29-19-22-14-8-5-9-15-22)26(28)30-20-23-16-10-6-11-17-23/h5-6,8-11,13-18H,3-4,7,12,19-20H2,1-2H3. The van der Waals surface area contributed by atoms with E-state index in [9.17, 15) is 9.59 Å². The van der Waals surface area contributed by atoms with Crippen LogP contribution < -0.4 is 0 Å². The lowest BCUT2D eigenvalue weighted by atomic mass is 10.1. The van der Waals surface area contributed by atoms with Crippen molar-refractivity contribution in [1.29, 1.82) is 0 Å². The highest BCUT2D eigenvalue weighted by atomic mass is 16.6. The monoisotopic (exact) mass is 406 g/mol. The molecule has 0 saturated carbocycles. The first-order chi connectivity index (χ1) is 14.6. The Labute approximate surface area is 179 Å². The summed E-state index contributed by atoms with van der Waals surface area (Å²) in [4.78, 5) is 25.2. The summed E-state index contributed by atoms with van der Waals surface area (Å²) in [5.74, 6) is -1.30. The van der Waals surface area contributed by atoms with Gasteiger partial charge in [-0.3, -0.25) is 0 Å². The van der Waals surface area contributed by atoms with Crippen LogP contribution in [0.1, 0.15) is 50.7 Å². The van der Waals surface area contributed by atoms with Crippen molar-refractivity contribution >= 4 is 11.9 Å². The van der Waals surface area contributed by atoms with Gasteiger partial charge in [-0.15, -0.1) is 0 Å². The Morgan fingerprint density at radius 2 is 1.13 bits per heavy atom. The highest BCUT2D eigenvalue weighted by Gasteiger charge is 2.21. The van der Waals surface area contributed by atoms with Crippen molar-refractivity contribution in [2.75, 3.05) is 0 Å². The number of allylic oxidation sites excluding steroid dienone is 3. The molecule has 0 spiro atoms. The fourth-order valence-electron chi connectivity index (χ4n) is 2.78. The molecule has 0 fully saturated rings. The quantitative estimate of drug-likeness (QED) is 0.116. The molecule has 2 aromatic rings. The van der Waals surface area contributed by atoms with Crippen molar-refractivity contribution in [1.82, 2.24) is 0 Å². The van der Waals surface area contributed by atoms with E-state index < -0.39 is 11.9 Å². The maximum absolute atomic E-state index is 12.6. The Kier molecular flexibility index (Phi) is 10.1. The minimum absolute atomic E-state index is 0.0379. The van der Waals surface area contributed by atoms with Gasteiger partial charge in [0.25, 0.3) is 0 Å². The van der Waals surface area contributed by atoms with Crippen molar-refractivity contribution < 1.29 is 19.1 Å². The normalized spacial score (nSPS) is 10.1. The van der Waals surface area contributed by atoms with Gasteiger partial charge in [-0.1, -0.05) is 78.4 Å². The fourth-order valence-corrected chi connectivity index (χ4v) is 2.78. The molecule has 4 heteroatoms. The number of carbonyl (C=O) groups is 2. The maximum Gasteiger partial charge on any atom is 0.345 e. The van der Waals surface area contributed by atoms with E-state index in [4.69, 9.17) is 9.47 Å². The zero-order chi connectivity index (χ0) is 21.6. The van der Waals surface area contributed by atoms with Gasteiger partial charge in [0.15, 0.2) is 0 Å². The molecule has 0 aliphatic carbocycles. The number of rotatable bonds is 11. The van der Waals surface area contributed by atoms with Gasteiger partial charge < -0.3 is 9.47 Å². The third-order valence-corrected chi connectivity index (χ3v) is 4.42. The molecule has 0 amide bonds. The number of unbranched alkanes of at least 4 members (excludes halogenated alkanes) is 3. The lowest BCUT2D eigenvalue weighted by Crippen LogP contribution is -2.18. The van der Waals surface area contributed by atoms with Gasteiger partial charge >= 0.3 is 11.9 Å². The van der Waals surface area contributed by atoms with Crippen LogP contribution in [0.3, 0.4) is 0 Å². The summed E-state index contributed by atoms with van der Waals surface area (Å²) in [6.45, 7) is 4.38. The molecular formula is C26H30O4. The van der Waals surface area contributed by atoms with E-state index in [2.05, 4.69) is 19.9 Å². The molecule has 0 N–H and O–H groups in total. The number of esters is 2. The molecule has 0 heterocycles. The molecular weight excluding hydrogens is 376 g/mol. The first kappa shape index (κ1) is 23.1. The van der Waals surface area contributed by atoms with Crippen LogP contribution in [0.25, 0.3) is 0 Å². The van der Waals surface area contributed by atoms with E-state index in [0.717, 1.165) is 30.4 Å². The zero-order valence-electron chi connectivity index (χ0n) is 17.8. The van der Waals surface area contributed by atoms with Gasteiger partial charge in [0, 0.05) is 0 Å². The summed E-state index contributed by atoms with van der Waals surface area (Å²) in [5, 5.41) is 0. The Hall–Kier alpha value is -3.14. The molecule has 0 aliphatic heterocycles.